The number of aryl methyl sites for hydroxylation is 1. The molecule has 0 aliphatic carbocycles. The van der Waals surface area contributed by atoms with Gasteiger partial charge < -0.3 is 19.5 Å². The average Bonchev–Trinajstić information content (AvgIpc) is 3.37. The van der Waals surface area contributed by atoms with Gasteiger partial charge in [0, 0.05) is 55.0 Å². The number of ether oxygens (including phenoxy) is 1. The first-order valence-electron chi connectivity index (χ1n) is 10.6. The quantitative estimate of drug-likeness (QED) is 0.721. The van der Waals surface area contributed by atoms with Crippen LogP contribution in [0.4, 0.5) is 5.95 Å². The predicted octanol–water partition coefficient (Wildman–Crippen LogP) is 3.29. The van der Waals surface area contributed by atoms with Crippen LogP contribution in [0.5, 0.6) is 5.88 Å². The monoisotopic (exact) mass is 405 g/mol. The van der Waals surface area contributed by atoms with Gasteiger partial charge in [-0.15, -0.1) is 0 Å². The molecular formula is C23H27N5O2. The number of anilines is 1. The number of rotatable bonds is 4. The van der Waals surface area contributed by atoms with Crippen LogP contribution in [0.25, 0.3) is 10.9 Å². The molecule has 4 heterocycles. The lowest BCUT2D eigenvalue weighted by atomic mass is 9.78. The largest absolute Gasteiger partial charge is 0.481 e. The number of para-hydroxylation sites is 1. The molecule has 1 amide bonds. The van der Waals surface area contributed by atoms with Gasteiger partial charge in [-0.25, -0.2) is 4.98 Å². The van der Waals surface area contributed by atoms with E-state index in [0.717, 1.165) is 43.6 Å². The normalized spacial score (nSPS) is 21.7. The number of aromatic nitrogens is 3. The highest BCUT2D eigenvalue weighted by atomic mass is 16.5. The van der Waals surface area contributed by atoms with E-state index in [-0.39, 0.29) is 11.3 Å². The molecule has 156 valence electrons. The molecule has 2 aromatic heterocycles. The van der Waals surface area contributed by atoms with Crippen LogP contribution in [0.3, 0.4) is 0 Å². The van der Waals surface area contributed by atoms with Gasteiger partial charge in [0.05, 0.1) is 12.5 Å². The number of hydrogen-bond acceptors (Lipinski definition) is 5. The number of hydrogen-bond donors (Lipinski definition) is 1. The molecule has 2 aliphatic rings. The summed E-state index contributed by atoms with van der Waals surface area (Å²) in [7, 11) is 1.62. The average molecular weight is 406 g/mol. The Kier molecular flexibility index (Phi) is 4.60. The number of H-pyrrole nitrogens is 1. The standard InChI is InChI=1S/C23H27N5O2/c1-16-12-20(30-2)26-22(25-16)28-11-9-23(15-28)8-5-10-27(21(23)29)14-17-13-24-19-7-4-3-6-18(17)19/h3-4,6-7,12-13,24H,5,8-11,14-15H2,1-2H3. The van der Waals surface area contributed by atoms with E-state index >= 15 is 0 Å². The Balaban J connectivity index is 1.36. The van der Waals surface area contributed by atoms with Crippen molar-refractivity contribution in [2.45, 2.75) is 32.7 Å². The minimum absolute atomic E-state index is 0.265. The van der Waals surface area contributed by atoms with E-state index in [2.05, 4.69) is 32.0 Å². The van der Waals surface area contributed by atoms with Gasteiger partial charge in [0.25, 0.3) is 0 Å². The Morgan fingerprint density at radius 1 is 1.20 bits per heavy atom. The highest BCUT2D eigenvalue weighted by Crippen LogP contribution is 2.41. The summed E-state index contributed by atoms with van der Waals surface area (Å²) in [6, 6.07) is 10.1. The Labute approximate surface area is 176 Å². The summed E-state index contributed by atoms with van der Waals surface area (Å²) < 4.78 is 5.31. The highest BCUT2D eigenvalue weighted by molar-refractivity contribution is 5.87. The molecule has 30 heavy (non-hydrogen) atoms. The molecule has 7 heteroatoms. The third-order valence-corrected chi connectivity index (χ3v) is 6.53. The molecule has 7 nitrogen and oxygen atoms in total. The van der Waals surface area contributed by atoms with Crippen LogP contribution < -0.4 is 9.64 Å². The number of methoxy groups -OCH3 is 1. The van der Waals surface area contributed by atoms with E-state index in [9.17, 15) is 4.79 Å². The van der Waals surface area contributed by atoms with E-state index in [1.807, 2.05) is 36.2 Å². The fourth-order valence-corrected chi connectivity index (χ4v) is 4.96. The summed E-state index contributed by atoms with van der Waals surface area (Å²) in [5, 5.41) is 1.19. The van der Waals surface area contributed by atoms with Crippen molar-refractivity contribution >= 4 is 22.8 Å². The molecule has 2 aliphatic heterocycles. The molecule has 2 fully saturated rings. The Hall–Kier alpha value is -3.09. The van der Waals surface area contributed by atoms with Gasteiger partial charge in [0.1, 0.15) is 0 Å². The topological polar surface area (TPSA) is 74.3 Å². The predicted molar refractivity (Wildman–Crippen MR) is 116 cm³/mol. The maximum Gasteiger partial charge on any atom is 0.230 e. The summed E-state index contributed by atoms with van der Waals surface area (Å²) in [6.45, 7) is 4.87. The lowest BCUT2D eigenvalue weighted by Gasteiger charge is -2.39. The number of carbonyl (C=O) groups is 1. The van der Waals surface area contributed by atoms with Crippen LogP contribution >= 0.6 is 0 Å². The van der Waals surface area contributed by atoms with Crippen molar-refractivity contribution in [3.63, 3.8) is 0 Å². The SMILES string of the molecule is COc1cc(C)nc(N2CCC3(CCCN(Cc4c[nH]c5ccccc45)C3=O)C2)n1. The van der Waals surface area contributed by atoms with Crippen LogP contribution in [-0.2, 0) is 11.3 Å². The van der Waals surface area contributed by atoms with E-state index < -0.39 is 0 Å². The molecule has 3 aromatic rings. The van der Waals surface area contributed by atoms with Crippen molar-refractivity contribution in [2.24, 2.45) is 5.41 Å². The summed E-state index contributed by atoms with van der Waals surface area (Å²) in [5.74, 6) is 1.49. The fraction of sp³-hybridized carbons (Fsp3) is 0.435. The Morgan fingerprint density at radius 2 is 2.07 bits per heavy atom. The zero-order valence-corrected chi connectivity index (χ0v) is 17.5. The van der Waals surface area contributed by atoms with E-state index in [4.69, 9.17) is 4.74 Å². The van der Waals surface area contributed by atoms with Gasteiger partial charge in [-0.2, -0.15) is 4.98 Å². The third kappa shape index (κ3) is 3.18. The minimum Gasteiger partial charge on any atom is -0.481 e. The highest BCUT2D eigenvalue weighted by Gasteiger charge is 2.49. The maximum atomic E-state index is 13.6. The fourth-order valence-electron chi connectivity index (χ4n) is 4.96. The van der Waals surface area contributed by atoms with Crippen LogP contribution in [0, 0.1) is 12.3 Å². The molecule has 1 N–H and O–H groups in total. The van der Waals surface area contributed by atoms with Gasteiger partial charge in [-0.05, 0) is 37.8 Å². The van der Waals surface area contributed by atoms with Crippen LogP contribution in [-0.4, -0.2) is 52.5 Å². The second-order valence-electron chi connectivity index (χ2n) is 8.49. The number of nitrogens with zero attached hydrogens (tertiary/aromatic N) is 4. The summed E-state index contributed by atoms with van der Waals surface area (Å²) >= 11 is 0. The molecule has 1 spiro atoms. The van der Waals surface area contributed by atoms with Gasteiger partial charge in [0.15, 0.2) is 0 Å². The van der Waals surface area contributed by atoms with Crippen LogP contribution in [0.2, 0.25) is 0 Å². The number of likely N-dealkylation sites (tertiary alicyclic amines) is 1. The van der Waals surface area contributed by atoms with Crippen LogP contribution in [0.15, 0.2) is 36.5 Å². The van der Waals surface area contributed by atoms with E-state index in [1.165, 1.54) is 10.9 Å². The number of amides is 1. The number of piperidine rings is 1. The number of fused-ring (bicyclic) bond motifs is 1. The molecule has 0 saturated carbocycles. The second kappa shape index (κ2) is 7.31. The molecule has 1 atom stereocenters. The number of nitrogens with one attached hydrogen (secondary N) is 1. The first-order valence-corrected chi connectivity index (χ1v) is 10.6. The van der Waals surface area contributed by atoms with E-state index in [1.54, 1.807) is 7.11 Å². The molecule has 2 saturated heterocycles. The number of aromatic amines is 1. The molecule has 5 rings (SSSR count). The van der Waals surface area contributed by atoms with Crippen molar-refractivity contribution in [1.29, 1.82) is 0 Å². The van der Waals surface area contributed by atoms with Crippen molar-refractivity contribution in [1.82, 2.24) is 19.9 Å². The van der Waals surface area contributed by atoms with Crippen LogP contribution in [0.1, 0.15) is 30.5 Å². The molecule has 1 aromatic carbocycles. The van der Waals surface area contributed by atoms with Gasteiger partial charge >= 0.3 is 0 Å². The summed E-state index contributed by atoms with van der Waals surface area (Å²) in [5.41, 5.74) is 2.82. The smallest absolute Gasteiger partial charge is 0.230 e. The maximum absolute atomic E-state index is 13.6. The zero-order valence-electron chi connectivity index (χ0n) is 17.5. The second-order valence-corrected chi connectivity index (χ2v) is 8.49. The first-order chi connectivity index (χ1) is 14.6. The van der Waals surface area contributed by atoms with Crippen molar-refractivity contribution in [3.05, 3.63) is 47.8 Å². The lowest BCUT2D eigenvalue weighted by molar-refractivity contribution is -0.145. The Morgan fingerprint density at radius 3 is 2.93 bits per heavy atom. The summed E-state index contributed by atoms with van der Waals surface area (Å²) in [4.78, 5) is 30.2. The van der Waals surface area contributed by atoms with Gasteiger partial charge in [-0.1, -0.05) is 18.2 Å². The number of benzene rings is 1. The van der Waals surface area contributed by atoms with Crippen molar-refractivity contribution < 1.29 is 9.53 Å². The molecule has 0 radical (unpaired) electrons. The van der Waals surface area contributed by atoms with Gasteiger partial charge in [0.2, 0.25) is 17.7 Å². The van der Waals surface area contributed by atoms with E-state index in [0.29, 0.717) is 24.9 Å². The minimum atomic E-state index is -0.343. The Bertz CT molecular complexity index is 1090. The van der Waals surface area contributed by atoms with Gasteiger partial charge in [-0.3, -0.25) is 4.79 Å². The summed E-state index contributed by atoms with van der Waals surface area (Å²) in [6.07, 6.45) is 4.83. The first kappa shape index (κ1) is 18.9. The number of carbonyl (C=O) groups excluding carboxylic acids is 1. The molecular weight excluding hydrogens is 378 g/mol. The lowest BCUT2D eigenvalue weighted by Crippen LogP contribution is -2.49. The van der Waals surface area contributed by atoms with Crippen molar-refractivity contribution in [2.75, 3.05) is 31.6 Å². The zero-order chi connectivity index (χ0) is 20.7. The third-order valence-electron chi connectivity index (χ3n) is 6.53. The van der Waals surface area contributed by atoms with Crippen molar-refractivity contribution in [3.8, 4) is 5.88 Å². The molecule has 0 bridgehead atoms. The molecule has 1 unspecified atom stereocenters.